The van der Waals surface area contributed by atoms with Gasteiger partial charge >= 0.3 is 11.9 Å². The number of carbonyl (C=O) groups is 2. The van der Waals surface area contributed by atoms with Gasteiger partial charge in [-0.25, -0.2) is 4.79 Å². The number of benzene rings is 1. The predicted octanol–water partition coefficient (Wildman–Crippen LogP) is 3.71. The lowest BCUT2D eigenvalue weighted by atomic mass is 9.97. The van der Waals surface area contributed by atoms with Gasteiger partial charge in [0.1, 0.15) is 20.3 Å². The Labute approximate surface area is 163 Å². The molecule has 1 N–H and O–H groups in total. The first kappa shape index (κ1) is 22.9. The van der Waals surface area contributed by atoms with Crippen LogP contribution in [-0.4, -0.2) is 37.3 Å². The zero-order valence-electron chi connectivity index (χ0n) is 17.4. The summed E-state index contributed by atoms with van der Waals surface area (Å²) >= 11 is 0. The van der Waals surface area contributed by atoms with Crippen LogP contribution in [0.3, 0.4) is 0 Å². The molecule has 6 heteroatoms. The van der Waals surface area contributed by atoms with E-state index in [1.54, 1.807) is 20.8 Å². The summed E-state index contributed by atoms with van der Waals surface area (Å²) in [7, 11) is -1.55. The van der Waals surface area contributed by atoms with E-state index in [4.69, 9.17) is 14.6 Å². The van der Waals surface area contributed by atoms with Crippen molar-refractivity contribution >= 4 is 20.0 Å². The largest absolute Gasteiger partial charge is 0.481 e. The molecule has 0 atom stereocenters. The first-order valence-electron chi connectivity index (χ1n) is 8.94. The molecule has 0 fully saturated rings. The van der Waals surface area contributed by atoms with E-state index < -0.39 is 25.6 Å². The molecule has 1 rings (SSSR count). The van der Waals surface area contributed by atoms with Crippen molar-refractivity contribution in [3.63, 3.8) is 0 Å². The molecule has 148 valence electrons. The topological polar surface area (TPSA) is 72.8 Å². The molecular formula is C21H30O5Si. The average Bonchev–Trinajstić information content (AvgIpc) is 2.46. The molecule has 0 heterocycles. The summed E-state index contributed by atoms with van der Waals surface area (Å²) in [5.74, 6) is 1.84. The molecule has 1 aromatic rings. The lowest BCUT2D eigenvalue weighted by Crippen LogP contribution is -2.26. The van der Waals surface area contributed by atoms with E-state index in [1.165, 1.54) is 0 Å². The standard InChI is InChI=1S/C21H30O5Si/c1-15-17(12-19(22)23)10-16(8-9-27(5,6)7)11-18(15)13-25-14-20(24)26-21(2,3)4/h10-11H,12-14H2,1-7H3,(H,22,23). The predicted molar refractivity (Wildman–Crippen MR) is 108 cm³/mol. The maximum atomic E-state index is 11.8. The first-order valence-corrected chi connectivity index (χ1v) is 12.4. The third-order valence-electron chi connectivity index (χ3n) is 3.44. The summed E-state index contributed by atoms with van der Waals surface area (Å²) in [6.07, 6.45) is -0.0760. The van der Waals surface area contributed by atoms with E-state index in [-0.39, 0.29) is 19.6 Å². The van der Waals surface area contributed by atoms with Gasteiger partial charge < -0.3 is 14.6 Å². The number of ether oxygens (including phenoxy) is 2. The zero-order chi connectivity index (χ0) is 20.8. The van der Waals surface area contributed by atoms with Crippen LogP contribution in [0.4, 0.5) is 0 Å². The molecule has 0 aliphatic heterocycles. The fraction of sp³-hybridized carbons (Fsp3) is 0.524. The van der Waals surface area contributed by atoms with Crippen molar-refractivity contribution in [1.29, 1.82) is 0 Å². The van der Waals surface area contributed by atoms with Gasteiger partial charge in [0.25, 0.3) is 0 Å². The summed E-state index contributed by atoms with van der Waals surface area (Å²) < 4.78 is 10.7. The van der Waals surface area contributed by atoms with Gasteiger partial charge in [-0.3, -0.25) is 4.79 Å². The highest BCUT2D eigenvalue weighted by Crippen LogP contribution is 2.19. The van der Waals surface area contributed by atoms with E-state index in [1.807, 2.05) is 19.1 Å². The fourth-order valence-corrected chi connectivity index (χ4v) is 2.80. The van der Waals surface area contributed by atoms with Gasteiger partial charge in [0.05, 0.1) is 13.0 Å². The summed E-state index contributed by atoms with van der Waals surface area (Å²) in [4.78, 5) is 23.0. The normalized spacial score (nSPS) is 11.5. The molecule has 0 unspecified atom stereocenters. The first-order chi connectivity index (χ1) is 12.3. The highest BCUT2D eigenvalue weighted by molar-refractivity contribution is 6.83. The van der Waals surface area contributed by atoms with Gasteiger partial charge in [-0.15, -0.1) is 5.54 Å². The monoisotopic (exact) mass is 390 g/mol. The lowest BCUT2D eigenvalue weighted by Gasteiger charge is -2.19. The Morgan fingerprint density at radius 3 is 2.26 bits per heavy atom. The van der Waals surface area contributed by atoms with Gasteiger partial charge in [-0.1, -0.05) is 25.6 Å². The van der Waals surface area contributed by atoms with Gasteiger partial charge in [-0.05, 0) is 56.5 Å². The molecule has 0 amide bonds. The van der Waals surface area contributed by atoms with Crippen LogP contribution in [0.2, 0.25) is 19.6 Å². The Morgan fingerprint density at radius 2 is 1.74 bits per heavy atom. The Hall–Kier alpha value is -2.10. The van der Waals surface area contributed by atoms with Crippen LogP contribution in [0.15, 0.2) is 12.1 Å². The molecule has 1 aromatic carbocycles. The molecule has 5 nitrogen and oxygen atoms in total. The van der Waals surface area contributed by atoms with Crippen LogP contribution in [-0.2, 0) is 32.1 Å². The average molecular weight is 391 g/mol. The molecule has 0 bridgehead atoms. The highest BCUT2D eigenvalue weighted by Gasteiger charge is 2.17. The third kappa shape index (κ3) is 9.41. The smallest absolute Gasteiger partial charge is 0.332 e. The van der Waals surface area contributed by atoms with Crippen LogP contribution in [0, 0.1) is 18.4 Å². The summed E-state index contributed by atoms with van der Waals surface area (Å²) in [6.45, 7) is 13.7. The third-order valence-corrected chi connectivity index (χ3v) is 4.32. The molecule has 0 aromatic heterocycles. The number of aliphatic carboxylic acids is 1. The number of carboxylic acid groups (broad SMARTS) is 1. The fourth-order valence-electron chi connectivity index (χ4n) is 2.28. The van der Waals surface area contributed by atoms with Crippen LogP contribution < -0.4 is 0 Å². The molecule has 0 radical (unpaired) electrons. The van der Waals surface area contributed by atoms with Crippen molar-refractivity contribution in [1.82, 2.24) is 0 Å². The SMILES string of the molecule is Cc1c(COCC(=O)OC(C)(C)C)cc(C#C[Si](C)(C)C)cc1CC(=O)O. The van der Waals surface area contributed by atoms with Crippen LogP contribution >= 0.6 is 0 Å². The number of carboxylic acids is 1. The Morgan fingerprint density at radius 1 is 1.15 bits per heavy atom. The number of hydrogen-bond acceptors (Lipinski definition) is 4. The highest BCUT2D eigenvalue weighted by atomic mass is 28.3. The van der Waals surface area contributed by atoms with Crippen LogP contribution in [0.5, 0.6) is 0 Å². The molecule has 0 aliphatic carbocycles. The van der Waals surface area contributed by atoms with Crippen molar-refractivity contribution in [2.45, 2.75) is 66.0 Å². The molecule has 0 spiro atoms. The van der Waals surface area contributed by atoms with Crippen molar-refractivity contribution in [3.05, 3.63) is 34.4 Å². The Kier molecular flexibility index (Phi) is 7.82. The summed E-state index contributed by atoms with van der Waals surface area (Å²) in [5.41, 5.74) is 5.89. The molecule has 0 saturated heterocycles. The number of carbonyl (C=O) groups excluding carboxylic acids is 1. The number of esters is 1. The molecule has 0 saturated carbocycles. The number of hydrogen-bond donors (Lipinski definition) is 1. The number of rotatable bonds is 6. The minimum Gasteiger partial charge on any atom is -0.481 e. The Balaban J connectivity index is 3.01. The van der Waals surface area contributed by atoms with E-state index in [0.29, 0.717) is 5.56 Å². The lowest BCUT2D eigenvalue weighted by molar-refractivity contribution is -0.160. The van der Waals surface area contributed by atoms with Crippen molar-refractivity contribution < 1.29 is 24.2 Å². The second-order valence-corrected chi connectivity index (χ2v) is 13.3. The van der Waals surface area contributed by atoms with Crippen LogP contribution in [0.1, 0.15) is 43.0 Å². The van der Waals surface area contributed by atoms with Crippen LogP contribution in [0.25, 0.3) is 0 Å². The maximum absolute atomic E-state index is 11.8. The van der Waals surface area contributed by atoms with E-state index >= 15 is 0 Å². The van der Waals surface area contributed by atoms with Gasteiger partial charge in [0.15, 0.2) is 0 Å². The van der Waals surface area contributed by atoms with E-state index in [2.05, 4.69) is 31.1 Å². The van der Waals surface area contributed by atoms with Gasteiger partial charge in [0.2, 0.25) is 0 Å². The van der Waals surface area contributed by atoms with Crippen molar-refractivity contribution in [2.24, 2.45) is 0 Å². The van der Waals surface area contributed by atoms with E-state index in [0.717, 1.165) is 16.7 Å². The summed E-state index contributed by atoms with van der Waals surface area (Å²) in [6, 6.07) is 3.73. The van der Waals surface area contributed by atoms with Gasteiger partial charge in [-0.2, -0.15) is 0 Å². The summed E-state index contributed by atoms with van der Waals surface area (Å²) in [5, 5.41) is 9.17. The quantitative estimate of drug-likeness (QED) is 0.455. The van der Waals surface area contributed by atoms with Gasteiger partial charge in [0, 0.05) is 5.56 Å². The maximum Gasteiger partial charge on any atom is 0.332 e. The second-order valence-electron chi connectivity index (χ2n) is 8.57. The van der Waals surface area contributed by atoms with Crippen molar-refractivity contribution in [2.75, 3.05) is 6.61 Å². The molecule has 27 heavy (non-hydrogen) atoms. The van der Waals surface area contributed by atoms with E-state index in [9.17, 15) is 9.59 Å². The second kappa shape index (κ2) is 9.20. The molecule has 0 aliphatic rings. The molecular weight excluding hydrogens is 360 g/mol. The van der Waals surface area contributed by atoms with Crippen molar-refractivity contribution in [3.8, 4) is 11.5 Å². The Bertz CT molecular complexity index is 758. The minimum absolute atomic E-state index is 0.0760. The minimum atomic E-state index is -1.55. The zero-order valence-corrected chi connectivity index (χ0v) is 18.4.